The third-order valence-electron chi connectivity index (χ3n) is 9.41. The third kappa shape index (κ3) is 4.77. The van der Waals surface area contributed by atoms with Crippen LogP contribution < -0.4 is 0 Å². The van der Waals surface area contributed by atoms with Gasteiger partial charge in [-0.2, -0.15) is 0 Å². The standard InChI is InChI=1S/C29H40O6/c1-4-6-26(32)34-17-25(31)24-11-10-22-21-9-8-19-16-20(30)12-15-29(19,18-35-27(33)7-5-2)23(21)13-14-28(22,24)3/h8-9,16,21-24H,4-7,10-15,17-18H2,1-3H3/t21-,22-,23-,24+,28-,29+/m0/s1. The number of ketones is 2. The molecule has 0 unspecified atom stereocenters. The van der Waals surface area contributed by atoms with E-state index < -0.39 is 0 Å². The number of ether oxygens (including phenoxy) is 2. The van der Waals surface area contributed by atoms with Crippen molar-refractivity contribution < 1.29 is 28.7 Å². The van der Waals surface area contributed by atoms with Crippen LogP contribution >= 0.6 is 0 Å². The first-order valence-electron chi connectivity index (χ1n) is 13.5. The molecule has 0 aromatic heterocycles. The summed E-state index contributed by atoms with van der Waals surface area (Å²) in [7, 11) is 0. The monoisotopic (exact) mass is 484 g/mol. The Labute approximate surface area is 208 Å². The van der Waals surface area contributed by atoms with Crippen LogP contribution in [0.25, 0.3) is 0 Å². The molecule has 192 valence electrons. The summed E-state index contributed by atoms with van der Waals surface area (Å²) in [6.07, 6.45) is 13.2. The molecule has 4 rings (SSSR count). The molecule has 0 amide bonds. The molecule has 6 nitrogen and oxygen atoms in total. The predicted octanol–water partition coefficient (Wildman–Crippen LogP) is 5.15. The first-order chi connectivity index (χ1) is 16.7. The van der Waals surface area contributed by atoms with Crippen LogP contribution in [0, 0.1) is 34.5 Å². The molecular weight excluding hydrogens is 444 g/mol. The lowest BCUT2D eigenvalue weighted by atomic mass is 9.48. The topological polar surface area (TPSA) is 86.7 Å². The smallest absolute Gasteiger partial charge is 0.306 e. The van der Waals surface area contributed by atoms with Crippen molar-refractivity contribution in [2.75, 3.05) is 13.2 Å². The lowest BCUT2D eigenvalue weighted by Crippen LogP contribution is -2.52. The molecule has 6 atom stereocenters. The molecule has 0 bridgehead atoms. The minimum absolute atomic E-state index is 0.0461. The van der Waals surface area contributed by atoms with Crippen molar-refractivity contribution in [2.24, 2.45) is 34.5 Å². The van der Waals surface area contributed by atoms with Gasteiger partial charge in [-0.25, -0.2) is 0 Å². The zero-order valence-electron chi connectivity index (χ0n) is 21.5. The Morgan fingerprint density at radius 2 is 1.69 bits per heavy atom. The van der Waals surface area contributed by atoms with E-state index in [4.69, 9.17) is 9.47 Å². The summed E-state index contributed by atoms with van der Waals surface area (Å²) in [5, 5.41) is 0. The van der Waals surface area contributed by atoms with Crippen molar-refractivity contribution >= 4 is 23.5 Å². The molecule has 0 heterocycles. The summed E-state index contributed by atoms with van der Waals surface area (Å²) in [4.78, 5) is 49.5. The van der Waals surface area contributed by atoms with E-state index in [1.165, 1.54) is 0 Å². The van der Waals surface area contributed by atoms with E-state index in [0.717, 1.165) is 37.7 Å². The Morgan fingerprint density at radius 1 is 0.971 bits per heavy atom. The average molecular weight is 485 g/mol. The predicted molar refractivity (Wildman–Crippen MR) is 131 cm³/mol. The summed E-state index contributed by atoms with van der Waals surface area (Å²) >= 11 is 0. The second-order valence-corrected chi connectivity index (χ2v) is 11.3. The van der Waals surface area contributed by atoms with E-state index in [-0.39, 0.29) is 58.7 Å². The average Bonchev–Trinajstić information content (AvgIpc) is 3.19. The van der Waals surface area contributed by atoms with Crippen LogP contribution in [0.4, 0.5) is 0 Å². The molecular formula is C29H40O6. The van der Waals surface area contributed by atoms with Gasteiger partial charge in [0.05, 0.1) is 0 Å². The fourth-order valence-corrected chi connectivity index (χ4v) is 7.62. The molecule has 4 aliphatic rings. The highest BCUT2D eigenvalue weighted by Crippen LogP contribution is 2.65. The summed E-state index contributed by atoms with van der Waals surface area (Å²) in [5.74, 6) is 0.534. The Hall–Kier alpha value is -2.24. The van der Waals surface area contributed by atoms with E-state index >= 15 is 0 Å². The largest absolute Gasteiger partial charge is 0.465 e. The van der Waals surface area contributed by atoms with E-state index in [0.29, 0.717) is 44.6 Å². The second kappa shape index (κ2) is 10.4. The summed E-state index contributed by atoms with van der Waals surface area (Å²) in [6, 6.07) is 0. The molecule has 0 saturated heterocycles. The Morgan fingerprint density at radius 3 is 2.40 bits per heavy atom. The fraction of sp³-hybridized carbons (Fsp3) is 0.724. The maximum absolute atomic E-state index is 13.1. The maximum Gasteiger partial charge on any atom is 0.306 e. The highest BCUT2D eigenvalue weighted by atomic mass is 16.5. The van der Waals surface area contributed by atoms with Gasteiger partial charge in [-0.15, -0.1) is 0 Å². The van der Waals surface area contributed by atoms with Crippen molar-refractivity contribution in [3.63, 3.8) is 0 Å². The van der Waals surface area contributed by atoms with Crippen LogP contribution in [0.3, 0.4) is 0 Å². The molecule has 6 heteroatoms. The molecule has 0 aromatic carbocycles. The zero-order valence-corrected chi connectivity index (χ0v) is 21.5. The fourth-order valence-electron chi connectivity index (χ4n) is 7.62. The quantitative estimate of drug-likeness (QED) is 0.421. The van der Waals surface area contributed by atoms with Crippen LogP contribution in [0.1, 0.15) is 85.0 Å². The number of hydrogen-bond donors (Lipinski definition) is 0. The van der Waals surface area contributed by atoms with Gasteiger partial charge in [0.2, 0.25) is 0 Å². The van der Waals surface area contributed by atoms with Crippen molar-refractivity contribution in [3.05, 3.63) is 23.8 Å². The molecule has 0 spiro atoms. The highest BCUT2D eigenvalue weighted by Gasteiger charge is 2.60. The van der Waals surface area contributed by atoms with Crippen LogP contribution in [-0.2, 0) is 28.7 Å². The third-order valence-corrected chi connectivity index (χ3v) is 9.41. The number of esters is 2. The molecule has 0 aliphatic heterocycles. The normalized spacial score (nSPS) is 35.4. The Bertz CT molecular complexity index is 931. The highest BCUT2D eigenvalue weighted by molar-refractivity contribution is 5.92. The first-order valence-corrected chi connectivity index (χ1v) is 13.5. The first kappa shape index (κ1) is 25.8. The van der Waals surface area contributed by atoms with Crippen LogP contribution in [0.2, 0.25) is 0 Å². The van der Waals surface area contributed by atoms with Gasteiger partial charge >= 0.3 is 11.9 Å². The van der Waals surface area contributed by atoms with E-state index in [1.54, 1.807) is 6.08 Å². The molecule has 2 fully saturated rings. The minimum atomic E-state index is -0.324. The summed E-state index contributed by atoms with van der Waals surface area (Å²) in [6.45, 7) is 6.34. The number of rotatable bonds is 9. The second-order valence-electron chi connectivity index (χ2n) is 11.3. The minimum Gasteiger partial charge on any atom is -0.465 e. The summed E-state index contributed by atoms with van der Waals surface area (Å²) < 4.78 is 11.1. The van der Waals surface area contributed by atoms with E-state index in [9.17, 15) is 19.2 Å². The van der Waals surface area contributed by atoms with Gasteiger partial charge in [-0.3, -0.25) is 19.2 Å². The van der Waals surface area contributed by atoms with Crippen LogP contribution in [-0.4, -0.2) is 36.7 Å². The van der Waals surface area contributed by atoms with Gasteiger partial charge in [0.1, 0.15) is 13.2 Å². The van der Waals surface area contributed by atoms with Crippen LogP contribution in [0.15, 0.2) is 23.8 Å². The van der Waals surface area contributed by atoms with Crippen molar-refractivity contribution in [1.82, 2.24) is 0 Å². The van der Waals surface area contributed by atoms with E-state index in [1.807, 2.05) is 13.8 Å². The molecule has 2 saturated carbocycles. The SMILES string of the molecule is CCCC(=O)OCC(=O)[C@H]1CC[C@H]2[C@@H]3C=CC4=CC(=O)CC[C@]4(COC(=O)CCC)[C@H]3CC[C@]12C. The van der Waals surface area contributed by atoms with Gasteiger partial charge in [-0.1, -0.05) is 32.9 Å². The van der Waals surface area contributed by atoms with Gasteiger partial charge in [-0.05, 0) is 79.8 Å². The maximum atomic E-state index is 13.1. The molecule has 0 radical (unpaired) electrons. The van der Waals surface area contributed by atoms with Gasteiger partial charge in [0.15, 0.2) is 11.6 Å². The van der Waals surface area contributed by atoms with Crippen LogP contribution in [0.5, 0.6) is 0 Å². The van der Waals surface area contributed by atoms with Gasteiger partial charge in [0, 0.05) is 30.6 Å². The van der Waals surface area contributed by atoms with Crippen molar-refractivity contribution in [3.8, 4) is 0 Å². The van der Waals surface area contributed by atoms with E-state index in [2.05, 4.69) is 19.1 Å². The number of Topliss-reactive ketones (excluding diaryl/α,β-unsaturated/α-hetero) is 1. The number of hydrogen-bond acceptors (Lipinski definition) is 6. The lowest BCUT2D eigenvalue weighted by Gasteiger charge is -2.56. The number of allylic oxidation sites excluding steroid dienone is 3. The number of carbonyl (C=O) groups excluding carboxylic acids is 4. The Balaban J connectivity index is 1.55. The number of fused-ring (bicyclic) bond motifs is 5. The summed E-state index contributed by atoms with van der Waals surface area (Å²) in [5.41, 5.74) is 0.554. The molecule has 0 N–H and O–H groups in total. The van der Waals surface area contributed by atoms with Gasteiger partial charge in [0.25, 0.3) is 0 Å². The number of carbonyl (C=O) groups is 4. The van der Waals surface area contributed by atoms with Crippen molar-refractivity contribution in [2.45, 2.75) is 85.0 Å². The molecule has 4 aliphatic carbocycles. The van der Waals surface area contributed by atoms with Gasteiger partial charge < -0.3 is 9.47 Å². The lowest BCUT2D eigenvalue weighted by molar-refractivity contribution is -0.152. The molecule has 0 aromatic rings. The Kier molecular flexibility index (Phi) is 7.68. The zero-order chi connectivity index (χ0) is 25.2. The molecule has 35 heavy (non-hydrogen) atoms. The van der Waals surface area contributed by atoms with Crippen molar-refractivity contribution in [1.29, 1.82) is 0 Å².